The average molecular weight is 148 g/mol. The third-order valence-corrected chi connectivity index (χ3v) is 1.11. The Kier molecular flexibility index (Phi) is 10.1. The molecular formula is C7H14ClN. The molecule has 0 aliphatic carbocycles. The third-order valence-electron chi connectivity index (χ3n) is 1.11. The van der Waals surface area contributed by atoms with E-state index >= 15 is 0 Å². The van der Waals surface area contributed by atoms with E-state index < -0.39 is 0 Å². The van der Waals surface area contributed by atoms with Gasteiger partial charge in [0.15, 0.2) is 0 Å². The first kappa shape index (κ1) is 11.6. The SMILES string of the molecule is C#CC(C)CCNC.Cl. The Labute approximate surface area is 63.6 Å². The monoisotopic (exact) mass is 147 g/mol. The Hall–Kier alpha value is -0.190. The maximum atomic E-state index is 5.14. The summed E-state index contributed by atoms with van der Waals surface area (Å²) in [7, 11) is 1.93. The molecule has 9 heavy (non-hydrogen) atoms. The van der Waals surface area contributed by atoms with Crippen molar-refractivity contribution in [2.75, 3.05) is 13.6 Å². The molecule has 0 amide bonds. The van der Waals surface area contributed by atoms with Crippen LogP contribution < -0.4 is 5.32 Å². The molecule has 54 valence electrons. The number of nitrogens with one attached hydrogen (secondary N) is 1. The van der Waals surface area contributed by atoms with E-state index in [4.69, 9.17) is 6.42 Å². The van der Waals surface area contributed by atoms with Crippen LogP contribution in [0.3, 0.4) is 0 Å². The van der Waals surface area contributed by atoms with E-state index in [1.54, 1.807) is 0 Å². The molecule has 0 heterocycles. The van der Waals surface area contributed by atoms with Crippen LogP contribution in [-0.2, 0) is 0 Å². The van der Waals surface area contributed by atoms with E-state index in [1.807, 2.05) is 7.05 Å². The first-order chi connectivity index (χ1) is 3.81. The van der Waals surface area contributed by atoms with Crippen LogP contribution in [0.4, 0.5) is 0 Å². The second kappa shape index (κ2) is 7.81. The van der Waals surface area contributed by atoms with Crippen LogP contribution in [0.2, 0.25) is 0 Å². The van der Waals surface area contributed by atoms with Gasteiger partial charge in [-0.1, -0.05) is 6.92 Å². The molecule has 1 N–H and O–H groups in total. The van der Waals surface area contributed by atoms with Gasteiger partial charge in [-0.15, -0.1) is 24.8 Å². The first-order valence-corrected chi connectivity index (χ1v) is 2.92. The Morgan fingerprint density at radius 2 is 2.22 bits per heavy atom. The summed E-state index contributed by atoms with van der Waals surface area (Å²) in [6.45, 7) is 3.07. The van der Waals surface area contributed by atoms with Crippen LogP contribution in [-0.4, -0.2) is 13.6 Å². The van der Waals surface area contributed by atoms with Gasteiger partial charge < -0.3 is 5.32 Å². The Morgan fingerprint density at radius 3 is 2.56 bits per heavy atom. The van der Waals surface area contributed by atoms with Crippen molar-refractivity contribution in [1.82, 2.24) is 5.32 Å². The topological polar surface area (TPSA) is 12.0 Å². The maximum absolute atomic E-state index is 5.14. The van der Waals surface area contributed by atoms with Crippen LogP contribution in [0.5, 0.6) is 0 Å². The fourth-order valence-electron chi connectivity index (χ4n) is 0.444. The first-order valence-electron chi connectivity index (χ1n) is 2.92. The minimum Gasteiger partial charge on any atom is -0.320 e. The predicted octanol–water partition coefficient (Wildman–Crippen LogP) is 1.29. The Balaban J connectivity index is 0. The number of hydrogen-bond donors (Lipinski definition) is 1. The summed E-state index contributed by atoms with van der Waals surface area (Å²) in [6, 6.07) is 0. The summed E-state index contributed by atoms with van der Waals surface area (Å²) in [4.78, 5) is 0. The van der Waals surface area contributed by atoms with Gasteiger partial charge in [-0.05, 0) is 20.0 Å². The fourth-order valence-corrected chi connectivity index (χ4v) is 0.444. The lowest BCUT2D eigenvalue weighted by molar-refractivity contribution is 0.627. The molecule has 0 spiro atoms. The minimum absolute atomic E-state index is 0. The summed E-state index contributed by atoms with van der Waals surface area (Å²) in [6.07, 6.45) is 6.21. The molecular weight excluding hydrogens is 134 g/mol. The molecule has 0 saturated carbocycles. The van der Waals surface area contributed by atoms with E-state index in [0.717, 1.165) is 13.0 Å². The van der Waals surface area contributed by atoms with Gasteiger partial charge in [-0.3, -0.25) is 0 Å². The summed E-state index contributed by atoms with van der Waals surface area (Å²) in [5.41, 5.74) is 0. The smallest absolute Gasteiger partial charge is 0.0184 e. The molecule has 0 aliphatic rings. The predicted molar refractivity (Wildman–Crippen MR) is 43.8 cm³/mol. The minimum atomic E-state index is 0. The second-order valence-corrected chi connectivity index (χ2v) is 1.96. The standard InChI is InChI=1S/C7H13N.ClH/c1-4-7(2)5-6-8-3;/h1,7-8H,5-6H2,2-3H3;1H. The summed E-state index contributed by atoms with van der Waals surface area (Å²) in [5, 5.41) is 3.04. The number of rotatable bonds is 3. The van der Waals surface area contributed by atoms with Gasteiger partial charge in [-0.2, -0.15) is 0 Å². The van der Waals surface area contributed by atoms with Crippen molar-refractivity contribution in [3.05, 3.63) is 0 Å². The highest BCUT2D eigenvalue weighted by atomic mass is 35.5. The molecule has 0 radical (unpaired) electrons. The zero-order valence-electron chi connectivity index (χ0n) is 5.98. The van der Waals surface area contributed by atoms with Crippen molar-refractivity contribution in [2.24, 2.45) is 5.92 Å². The Bertz CT molecular complexity index is 85.4. The molecule has 0 fully saturated rings. The van der Waals surface area contributed by atoms with Gasteiger partial charge in [0, 0.05) is 5.92 Å². The summed E-state index contributed by atoms with van der Waals surface area (Å²) < 4.78 is 0. The molecule has 1 nitrogen and oxygen atoms in total. The lowest BCUT2D eigenvalue weighted by Gasteiger charge is -2.00. The van der Waals surface area contributed by atoms with Crippen molar-refractivity contribution in [1.29, 1.82) is 0 Å². The highest BCUT2D eigenvalue weighted by molar-refractivity contribution is 5.85. The van der Waals surface area contributed by atoms with E-state index in [0.29, 0.717) is 5.92 Å². The van der Waals surface area contributed by atoms with Crippen LogP contribution >= 0.6 is 12.4 Å². The van der Waals surface area contributed by atoms with Gasteiger partial charge >= 0.3 is 0 Å². The number of terminal acetylenes is 1. The zero-order chi connectivity index (χ0) is 6.41. The lowest BCUT2D eigenvalue weighted by atomic mass is 10.1. The number of hydrogen-bond acceptors (Lipinski definition) is 1. The largest absolute Gasteiger partial charge is 0.320 e. The van der Waals surface area contributed by atoms with Gasteiger partial charge in [-0.25, -0.2) is 0 Å². The molecule has 0 bridgehead atoms. The molecule has 1 atom stereocenters. The van der Waals surface area contributed by atoms with E-state index in [2.05, 4.69) is 18.2 Å². The van der Waals surface area contributed by atoms with Crippen molar-refractivity contribution < 1.29 is 0 Å². The molecule has 0 aromatic rings. The van der Waals surface area contributed by atoms with Crippen LogP contribution in [0.15, 0.2) is 0 Å². The molecule has 1 unspecified atom stereocenters. The molecule has 0 rings (SSSR count). The van der Waals surface area contributed by atoms with Crippen LogP contribution in [0.1, 0.15) is 13.3 Å². The normalized spacial score (nSPS) is 11.2. The molecule has 0 aliphatic heterocycles. The van der Waals surface area contributed by atoms with E-state index in [-0.39, 0.29) is 12.4 Å². The van der Waals surface area contributed by atoms with Crippen LogP contribution in [0, 0.1) is 18.3 Å². The van der Waals surface area contributed by atoms with Crippen LogP contribution in [0.25, 0.3) is 0 Å². The zero-order valence-corrected chi connectivity index (χ0v) is 6.79. The van der Waals surface area contributed by atoms with Crippen molar-refractivity contribution >= 4 is 12.4 Å². The van der Waals surface area contributed by atoms with Gasteiger partial charge in [0.2, 0.25) is 0 Å². The quantitative estimate of drug-likeness (QED) is 0.594. The van der Waals surface area contributed by atoms with Gasteiger partial charge in [0.25, 0.3) is 0 Å². The molecule has 0 aromatic carbocycles. The second-order valence-electron chi connectivity index (χ2n) is 1.96. The molecule has 0 aromatic heterocycles. The third kappa shape index (κ3) is 7.81. The molecule has 2 heteroatoms. The van der Waals surface area contributed by atoms with Gasteiger partial charge in [0.05, 0.1) is 0 Å². The van der Waals surface area contributed by atoms with Crippen molar-refractivity contribution in [3.63, 3.8) is 0 Å². The van der Waals surface area contributed by atoms with Crippen molar-refractivity contribution in [2.45, 2.75) is 13.3 Å². The average Bonchev–Trinajstić information content (AvgIpc) is 1.83. The fraction of sp³-hybridized carbons (Fsp3) is 0.714. The summed E-state index contributed by atoms with van der Waals surface area (Å²) >= 11 is 0. The van der Waals surface area contributed by atoms with Crippen molar-refractivity contribution in [3.8, 4) is 12.3 Å². The maximum Gasteiger partial charge on any atom is 0.0184 e. The van der Waals surface area contributed by atoms with E-state index in [1.165, 1.54) is 0 Å². The van der Waals surface area contributed by atoms with E-state index in [9.17, 15) is 0 Å². The lowest BCUT2D eigenvalue weighted by Crippen LogP contribution is -2.10. The Morgan fingerprint density at radius 1 is 1.67 bits per heavy atom. The summed E-state index contributed by atoms with van der Waals surface area (Å²) in [5.74, 6) is 3.08. The highest BCUT2D eigenvalue weighted by Gasteiger charge is 1.91. The van der Waals surface area contributed by atoms with Gasteiger partial charge in [0.1, 0.15) is 0 Å². The molecule has 0 saturated heterocycles. The highest BCUT2D eigenvalue weighted by Crippen LogP contribution is 1.95. The number of halogens is 1.